The molecule has 4 nitrogen and oxygen atoms in total. The third kappa shape index (κ3) is 1.38. The fourth-order valence-electron chi connectivity index (χ4n) is 6.09. The molecule has 0 radical (unpaired) electrons. The molecular formula is C19H20O4. The van der Waals surface area contributed by atoms with Crippen LogP contribution in [0.5, 0.6) is 0 Å². The summed E-state index contributed by atoms with van der Waals surface area (Å²) in [5, 5.41) is 11.0. The molecule has 1 N–H and O–H groups in total. The lowest BCUT2D eigenvalue weighted by Crippen LogP contribution is -2.61. The largest absolute Gasteiger partial charge is 0.461 e. The SMILES string of the molecule is Cc1cc(=O)cc2c3c1[C@@H](O)[C@H]1[C@@H]3[C@]3(CC2)C(=O)O[C@@H]1CC3C. The van der Waals surface area contributed by atoms with E-state index in [0.29, 0.717) is 6.42 Å². The number of aliphatic hydroxyl groups excluding tert-OH is 1. The summed E-state index contributed by atoms with van der Waals surface area (Å²) in [6.07, 6.45) is 1.44. The number of carbonyl (C=O) groups is 1. The van der Waals surface area contributed by atoms with Gasteiger partial charge in [-0.1, -0.05) is 6.92 Å². The Morgan fingerprint density at radius 3 is 2.78 bits per heavy atom. The molecule has 1 aromatic carbocycles. The second-order valence-electron chi connectivity index (χ2n) is 7.85. The number of rotatable bonds is 0. The molecule has 3 aliphatic carbocycles. The highest BCUT2D eigenvalue weighted by Crippen LogP contribution is 2.69. The number of hydrogen-bond donors (Lipinski definition) is 1. The predicted octanol–water partition coefficient (Wildman–Crippen LogP) is 2.00. The van der Waals surface area contributed by atoms with E-state index in [-0.39, 0.29) is 35.3 Å². The van der Waals surface area contributed by atoms with Gasteiger partial charge in [0.25, 0.3) is 0 Å². The van der Waals surface area contributed by atoms with E-state index in [2.05, 4.69) is 6.92 Å². The van der Waals surface area contributed by atoms with Gasteiger partial charge in [0.05, 0.1) is 11.5 Å². The van der Waals surface area contributed by atoms with Crippen LogP contribution in [-0.2, 0) is 16.0 Å². The minimum atomic E-state index is -0.636. The highest BCUT2D eigenvalue weighted by Gasteiger charge is 2.69. The number of esters is 1. The van der Waals surface area contributed by atoms with E-state index >= 15 is 0 Å². The van der Waals surface area contributed by atoms with Gasteiger partial charge < -0.3 is 9.84 Å². The molecule has 0 aromatic heterocycles. The molecule has 3 fully saturated rings. The van der Waals surface area contributed by atoms with Crippen LogP contribution >= 0.6 is 0 Å². The van der Waals surface area contributed by atoms with Crippen molar-refractivity contribution in [2.45, 2.75) is 51.2 Å². The first-order chi connectivity index (χ1) is 10.9. The Labute approximate surface area is 134 Å². The molecule has 5 aliphatic rings. The first kappa shape index (κ1) is 13.7. The van der Waals surface area contributed by atoms with Crippen LogP contribution in [-0.4, -0.2) is 17.2 Å². The van der Waals surface area contributed by atoms with E-state index in [4.69, 9.17) is 4.74 Å². The summed E-state index contributed by atoms with van der Waals surface area (Å²) in [4.78, 5) is 24.9. The van der Waals surface area contributed by atoms with Gasteiger partial charge in [0, 0.05) is 11.8 Å². The maximum atomic E-state index is 12.8. The Hall–Kier alpha value is -1.68. The number of fused-ring (bicyclic) bond motifs is 2. The van der Waals surface area contributed by atoms with Gasteiger partial charge in [0.15, 0.2) is 5.43 Å². The third-order valence-electron chi connectivity index (χ3n) is 6.99. The number of aliphatic hydroxyl groups is 1. The van der Waals surface area contributed by atoms with Crippen molar-refractivity contribution in [1.29, 1.82) is 0 Å². The highest BCUT2D eigenvalue weighted by atomic mass is 16.6. The van der Waals surface area contributed by atoms with E-state index in [1.165, 1.54) is 0 Å². The summed E-state index contributed by atoms with van der Waals surface area (Å²) in [5.41, 5.74) is 3.32. The fourth-order valence-corrected chi connectivity index (χ4v) is 6.09. The van der Waals surface area contributed by atoms with Gasteiger partial charge in [-0.05, 0) is 66.5 Å². The normalized spacial score (nSPS) is 42.4. The molecule has 1 spiro atoms. The quantitative estimate of drug-likeness (QED) is 0.744. The van der Waals surface area contributed by atoms with Crippen LogP contribution in [0, 0.1) is 24.2 Å². The fraction of sp³-hybridized carbons (Fsp3) is 0.579. The Balaban J connectivity index is 1.89. The standard InChI is InChI=1S/C19H20O4/c1-8-5-11(20)7-10-3-4-19-9(2)6-12(23-18(19)22)15-16(19)14(10)13(8)17(15)21/h5,7,9,12,15-17,21H,3-4,6H2,1-2H3/t9?,12-,15-,16-,17-,19-/m1/s1. The minimum absolute atomic E-state index is 0.0109. The van der Waals surface area contributed by atoms with Gasteiger partial charge in [-0.3, -0.25) is 9.59 Å². The lowest BCUT2D eigenvalue weighted by molar-refractivity contribution is -0.215. The first-order valence-corrected chi connectivity index (χ1v) is 8.52. The molecule has 2 heterocycles. The number of ether oxygens (including phenoxy) is 1. The van der Waals surface area contributed by atoms with E-state index in [0.717, 1.165) is 35.1 Å². The molecule has 4 heteroatoms. The topological polar surface area (TPSA) is 63.6 Å². The Morgan fingerprint density at radius 1 is 1.26 bits per heavy atom. The zero-order chi connectivity index (χ0) is 16.1. The van der Waals surface area contributed by atoms with Gasteiger partial charge in [0.1, 0.15) is 6.10 Å². The van der Waals surface area contributed by atoms with Crippen LogP contribution in [0.1, 0.15) is 54.0 Å². The van der Waals surface area contributed by atoms with Gasteiger partial charge in [0.2, 0.25) is 0 Å². The molecule has 1 saturated carbocycles. The van der Waals surface area contributed by atoms with Crippen molar-refractivity contribution in [1.82, 2.24) is 0 Å². The molecule has 23 heavy (non-hydrogen) atoms. The van der Waals surface area contributed by atoms with E-state index in [1.807, 2.05) is 6.92 Å². The van der Waals surface area contributed by atoms with Crippen LogP contribution in [0.25, 0.3) is 0 Å². The molecule has 120 valence electrons. The van der Waals surface area contributed by atoms with Crippen molar-refractivity contribution in [2.75, 3.05) is 0 Å². The molecule has 1 aromatic rings. The molecule has 6 atom stereocenters. The Kier molecular flexibility index (Phi) is 2.41. The summed E-state index contributed by atoms with van der Waals surface area (Å²) in [6.45, 7) is 4.04. The predicted molar refractivity (Wildman–Crippen MR) is 83.1 cm³/mol. The van der Waals surface area contributed by atoms with Gasteiger partial charge in [-0.2, -0.15) is 0 Å². The molecule has 6 rings (SSSR count). The van der Waals surface area contributed by atoms with E-state index < -0.39 is 11.5 Å². The van der Waals surface area contributed by atoms with Crippen molar-refractivity contribution in [3.05, 3.63) is 44.6 Å². The van der Waals surface area contributed by atoms with Crippen molar-refractivity contribution >= 4 is 5.97 Å². The third-order valence-corrected chi connectivity index (χ3v) is 6.99. The van der Waals surface area contributed by atoms with Crippen LogP contribution in [0.2, 0.25) is 0 Å². The number of aryl methyl sites for hydroxylation is 2. The lowest BCUT2D eigenvalue weighted by Gasteiger charge is -2.58. The average molecular weight is 312 g/mol. The molecule has 2 aliphatic heterocycles. The van der Waals surface area contributed by atoms with Crippen molar-refractivity contribution in [3.63, 3.8) is 0 Å². The molecule has 0 amide bonds. The van der Waals surface area contributed by atoms with Crippen LogP contribution in [0.4, 0.5) is 0 Å². The Bertz CT molecular complexity index is 814. The summed E-state index contributed by atoms with van der Waals surface area (Å²) in [6, 6.07) is 3.33. The van der Waals surface area contributed by atoms with Crippen molar-refractivity contribution < 1.29 is 14.6 Å². The molecule has 2 bridgehead atoms. The van der Waals surface area contributed by atoms with Crippen molar-refractivity contribution in [3.8, 4) is 0 Å². The van der Waals surface area contributed by atoms with Crippen molar-refractivity contribution in [2.24, 2.45) is 17.3 Å². The average Bonchev–Trinajstić information content (AvgIpc) is 2.72. The maximum Gasteiger partial charge on any atom is 0.313 e. The summed E-state index contributed by atoms with van der Waals surface area (Å²) in [5.74, 6) is 0.143. The minimum Gasteiger partial charge on any atom is -0.461 e. The van der Waals surface area contributed by atoms with Gasteiger partial charge in [-0.15, -0.1) is 0 Å². The number of carbonyl (C=O) groups excluding carboxylic acids is 1. The lowest BCUT2D eigenvalue weighted by atomic mass is 9.50. The number of hydrogen-bond acceptors (Lipinski definition) is 4. The monoisotopic (exact) mass is 312 g/mol. The van der Waals surface area contributed by atoms with E-state index in [9.17, 15) is 14.7 Å². The second kappa shape index (κ2) is 4.04. The zero-order valence-electron chi connectivity index (χ0n) is 13.3. The smallest absolute Gasteiger partial charge is 0.313 e. The summed E-state index contributed by atoms with van der Waals surface area (Å²) >= 11 is 0. The summed E-state index contributed by atoms with van der Waals surface area (Å²) < 4.78 is 5.72. The highest BCUT2D eigenvalue weighted by molar-refractivity contribution is 5.82. The van der Waals surface area contributed by atoms with E-state index in [1.54, 1.807) is 12.1 Å². The first-order valence-electron chi connectivity index (χ1n) is 8.52. The Morgan fingerprint density at radius 2 is 2.04 bits per heavy atom. The summed E-state index contributed by atoms with van der Waals surface area (Å²) in [7, 11) is 0. The van der Waals surface area contributed by atoms with Crippen LogP contribution in [0.15, 0.2) is 16.9 Å². The van der Waals surface area contributed by atoms with Gasteiger partial charge >= 0.3 is 5.97 Å². The molecule has 1 unspecified atom stereocenters. The molecular weight excluding hydrogens is 292 g/mol. The maximum absolute atomic E-state index is 12.8. The van der Waals surface area contributed by atoms with Crippen LogP contribution in [0.3, 0.4) is 0 Å². The second-order valence-corrected chi connectivity index (χ2v) is 7.85. The van der Waals surface area contributed by atoms with Crippen LogP contribution < -0.4 is 5.43 Å². The van der Waals surface area contributed by atoms with Gasteiger partial charge in [-0.25, -0.2) is 0 Å². The molecule has 2 saturated heterocycles. The zero-order valence-corrected chi connectivity index (χ0v) is 13.3.